The molecular weight excluding hydrogens is 223 g/mol. The van der Waals surface area contributed by atoms with Gasteiger partial charge in [-0.1, -0.05) is 20.8 Å². The van der Waals surface area contributed by atoms with Crippen LogP contribution in [0.3, 0.4) is 0 Å². The Morgan fingerprint density at radius 3 is 2.19 bits per heavy atom. The summed E-state index contributed by atoms with van der Waals surface area (Å²) in [4.78, 5) is 4.59. The van der Waals surface area contributed by atoms with E-state index in [1.54, 1.807) is 0 Å². The third-order valence-corrected chi connectivity index (χ3v) is 3.17. The number of likely N-dealkylation sites (tertiary alicyclic amines) is 1. The molecule has 0 aliphatic carbocycles. The Morgan fingerprint density at radius 2 is 1.75 bits per heavy atom. The minimum Gasteiger partial charge on any atom is -0.459 e. The van der Waals surface area contributed by atoms with Crippen molar-refractivity contribution in [3.8, 4) is 0 Å². The maximum absolute atomic E-state index is 3.97. The fourth-order valence-corrected chi connectivity index (χ4v) is 1.84. The van der Waals surface area contributed by atoms with Gasteiger partial charge < -0.3 is 9.80 Å². The molecule has 0 spiro atoms. The number of hydrogen-bond donors (Lipinski definition) is 0. The summed E-state index contributed by atoms with van der Waals surface area (Å²) < 4.78 is 0. The largest absolute Gasteiger partial charge is 1.00 e. The molecule has 1 fully saturated rings. The van der Waals surface area contributed by atoms with Gasteiger partial charge in [-0.25, -0.2) is 0 Å². The van der Waals surface area contributed by atoms with E-state index in [0.29, 0.717) is 0 Å². The molecule has 0 saturated carbocycles. The van der Waals surface area contributed by atoms with Crippen LogP contribution in [-0.2, 0) is 0 Å². The Balaban J connectivity index is 0. The van der Waals surface area contributed by atoms with Crippen molar-refractivity contribution in [2.75, 3.05) is 33.2 Å². The standard InChI is InChI=1S/C11H23N2.C2H6.K/c1-4-12(2)8-5-11-6-9-13(3)10-7-11;1-2;/h11H,3-10H2,1-2H3;1-2H3;/q-1;;+1. The van der Waals surface area contributed by atoms with E-state index in [-0.39, 0.29) is 51.4 Å². The van der Waals surface area contributed by atoms with Gasteiger partial charge in [-0.2, -0.15) is 0 Å². The molecule has 3 heteroatoms. The van der Waals surface area contributed by atoms with Crippen LogP contribution in [0.5, 0.6) is 0 Å². The molecule has 0 aromatic heterocycles. The topological polar surface area (TPSA) is 6.48 Å². The van der Waals surface area contributed by atoms with Crippen LogP contribution in [-0.4, -0.2) is 43.0 Å². The van der Waals surface area contributed by atoms with Gasteiger partial charge in [0.25, 0.3) is 0 Å². The van der Waals surface area contributed by atoms with Crippen LogP contribution < -0.4 is 51.4 Å². The second-order valence-corrected chi connectivity index (χ2v) is 4.25. The van der Waals surface area contributed by atoms with Gasteiger partial charge in [-0.15, -0.1) is 0 Å². The Morgan fingerprint density at radius 1 is 1.25 bits per heavy atom. The molecule has 2 nitrogen and oxygen atoms in total. The van der Waals surface area contributed by atoms with Crippen LogP contribution >= 0.6 is 0 Å². The van der Waals surface area contributed by atoms with E-state index in [0.717, 1.165) is 5.92 Å². The van der Waals surface area contributed by atoms with Crippen LogP contribution in [0.1, 0.15) is 40.0 Å². The van der Waals surface area contributed by atoms with Gasteiger partial charge in [0, 0.05) is 0 Å². The monoisotopic (exact) mass is 252 g/mol. The van der Waals surface area contributed by atoms with Gasteiger partial charge in [-0.3, -0.25) is 7.05 Å². The molecule has 92 valence electrons. The van der Waals surface area contributed by atoms with Crippen molar-refractivity contribution >= 4 is 0 Å². The van der Waals surface area contributed by atoms with Gasteiger partial charge >= 0.3 is 51.4 Å². The molecule has 1 aliphatic rings. The predicted octanol–water partition coefficient (Wildman–Crippen LogP) is -0.138. The van der Waals surface area contributed by atoms with E-state index in [4.69, 9.17) is 0 Å². The summed E-state index contributed by atoms with van der Waals surface area (Å²) in [5.41, 5.74) is 0. The van der Waals surface area contributed by atoms with Gasteiger partial charge in [0.2, 0.25) is 0 Å². The molecule has 0 bridgehead atoms. The first kappa shape index (κ1) is 19.9. The average molecular weight is 252 g/mol. The maximum atomic E-state index is 3.97. The van der Waals surface area contributed by atoms with Gasteiger partial charge in [0.15, 0.2) is 0 Å². The summed E-state index contributed by atoms with van der Waals surface area (Å²) in [6.45, 7) is 11.0. The van der Waals surface area contributed by atoms with Crippen molar-refractivity contribution in [1.29, 1.82) is 0 Å². The third kappa shape index (κ3) is 9.57. The van der Waals surface area contributed by atoms with Gasteiger partial charge in [-0.05, 0) is 58.4 Å². The quantitative estimate of drug-likeness (QED) is 0.508. The zero-order chi connectivity index (χ0) is 11.7. The molecule has 0 atom stereocenters. The number of piperidine rings is 1. The molecule has 1 heterocycles. The first-order valence-electron chi connectivity index (χ1n) is 6.46. The van der Waals surface area contributed by atoms with Crippen LogP contribution in [0.25, 0.3) is 0 Å². The first-order chi connectivity index (χ1) is 7.22. The predicted molar refractivity (Wildman–Crippen MR) is 68.8 cm³/mol. The zero-order valence-corrected chi connectivity index (χ0v) is 15.3. The Kier molecular flexibility index (Phi) is 16.2. The number of hydrogen-bond acceptors (Lipinski definition) is 2. The van der Waals surface area contributed by atoms with Crippen molar-refractivity contribution in [2.45, 2.75) is 40.0 Å². The SMILES string of the molecule is CC.[CH2-]N1CCC(CCN(C)CC)CC1.[K+]. The third-order valence-electron chi connectivity index (χ3n) is 3.17. The number of rotatable bonds is 4. The second-order valence-electron chi connectivity index (χ2n) is 4.25. The Labute approximate surface area is 146 Å². The van der Waals surface area contributed by atoms with Crippen LogP contribution in [0, 0.1) is 13.0 Å². The fourth-order valence-electron chi connectivity index (χ4n) is 1.84. The van der Waals surface area contributed by atoms with Gasteiger partial charge in [0.05, 0.1) is 0 Å². The Hall–Kier alpha value is 1.56. The molecular formula is C13H29KN2. The smallest absolute Gasteiger partial charge is 0.459 e. The van der Waals surface area contributed by atoms with Crippen LogP contribution in [0.4, 0.5) is 0 Å². The molecule has 0 radical (unpaired) electrons. The second kappa shape index (κ2) is 13.0. The van der Waals surface area contributed by atoms with E-state index in [2.05, 4.69) is 30.8 Å². The van der Waals surface area contributed by atoms with Crippen LogP contribution in [0.2, 0.25) is 0 Å². The van der Waals surface area contributed by atoms with Crippen molar-refractivity contribution < 1.29 is 51.4 Å². The molecule has 1 rings (SSSR count). The molecule has 0 aromatic rings. The Bertz CT molecular complexity index is 134. The van der Waals surface area contributed by atoms with Crippen molar-refractivity contribution in [3.05, 3.63) is 7.05 Å². The summed E-state index contributed by atoms with van der Waals surface area (Å²) >= 11 is 0. The first-order valence-corrected chi connectivity index (χ1v) is 6.46. The van der Waals surface area contributed by atoms with Crippen LogP contribution in [0.15, 0.2) is 0 Å². The molecule has 1 aliphatic heterocycles. The van der Waals surface area contributed by atoms with Crippen molar-refractivity contribution in [2.24, 2.45) is 5.92 Å². The maximum Gasteiger partial charge on any atom is 1.00 e. The van der Waals surface area contributed by atoms with Crippen molar-refractivity contribution in [1.82, 2.24) is 9.80 Å². The van der Waals surface area contributed by atoms with E-state index in [1.807, 2.05) is 13.8 Å². The summed E-state index contributed by atoms with van der Waals surface area (Å²) in [5.74, 6) is 0.951. The summed E-state index contributed by atoms with van der Waals surface area (Å²) in [6, 6.07) is 0. The average Bonchev–Trinajstić information content (AvgIpc) is 2.30. The molecule has 0 aromatic carbocycles. The minimum absolute atomic E-state index is 0. The molecule has 0 amide bonds. The fraction of sp³-hybridized carbons (Fsp3) is 0.923. The van der Waals surface area contributed by atoms with Crippen molar-refractivity contribution in [3.63, 3.8) is 0 Å². The molecule has 16 heavy (non-hydrogen) atoms. The molecule has 1 saturated heterocycles. The van der Waals surface area contributed by atoms with E-state index in [9.17, 15) is 0 Å². The minimum atomic E-state index is 0. The summed E-state index contributed by atoms with van der Waals surface area (Å²) in [5, 5.41) is 0. The van der Waals surface area contributed by atoms with E-state index >= 15 is 0 Å². The van der Waals surface area contributed by atoms with E-state index in [1.165, 1.54) is 45.4 Å². The zero-order valence-electron chi connectivity index (χ0n) is 12.1. The number of nitrogens with zero attached hydrogens (tertiary/aromatic N) is 2. The summed E-state index contributed by atoms with van der Waals surface area (Å²) in [7, 11) is 6.17. The normalized spacial score (nSPS) is 17.6. The van der Waals surface area contributed by atoms with Gasteiger partial charge in [0.1, 0.15) is 0 Å². The molecule has 0 N–H and O–H groups in total. The molecule has 0 unspecified atom stereocenters. The van der Waals surface area contributed by atoms with E-state index < -0.39 is 0 Å². The summed E-state index contributed by atoms with van der Waals surface area (Å²) in [6.07, 6.45) is 4.07.